The molecule has 4 rings (SSSR count). The average molecular weight is 284 g/mol. The standard InChI is InChI=1S/C20H28O/c1-13-3-8-19-16-5-4-14-12-17(21)6-7-18(14)15(11-16)9-10-20(13,19)2/h6-7,12-13,15-16,19,21H,3-5,8-11H2,1-2H3/t13-,15?,16?,19?,20+/m0/s1. The third-order valence-corrected chi connectivity index (χ3v) is 7.42. The molecule has 1 aromatic rings. The molecule has 0 heterocycles. The quantitative estimate of drug-likeness (QED) is 0.687. The second-order valence-electron chi connectivity index (χ2n) is 8.24. The molecule has 1 heteroatoms. The molecule has 0 amide bonds. The summed E-state index contributed by atoms with van der Waals surface area (Å²) in [5.74, 6) is 3.94. The Morgan fingerprint density at radius 2 is 2.00 bits per heavy atom. The van der Waals surface area contributed by atoms with Crippen LogP contribution in [0.3, 0.4) is 0 Å². The van der Waals surface area contributed by atoms with Crippen molar-refractivity contribution in [2.45, 2.75) is 64.7 Å². The monoisotopic (exact) mass is 284 g/mol. The topological polar surface area (TPSA) is 20.2 Å². The second kappa shape index (κ2) is 4.76. The number of fused-ring (bicyclic) bond motifs is 6. The maximum atomic E-state index is 9.80. The molecule has 1 nitrogen and oxygen atoms in total. The van der Waals surface area contributed by atoms with Crippen molar-refractivity contribution in [1.82, 2.24) is 0 Å². The van der Waals surface area contributed by atoms with Crippen LogP contribution in [0.4, 0.5) is 0 Å². The Morgan fingerprint density at radius 3 is 2.86 bits per heavy atom. The number of aromatic hydroxyl groups is 1. The largest absolute Gasteiger partial charge is 0.508 e. The van der Waals surface area contributed by atoms with Crippen molar-refractivity contribution in [3.63, 3.8) is 0 Å². The van der Waals surface area contributed by atoms with Crippen molar-refractivity contribution in [3.8, 4) is 5.75 Å². The highest BCUT2D eigenvalue weighted by Gasteiger charge is 2.49. The normalized spacial score (nSPS) is 41.8. The molecule has 0 spiro atoms. The lowest BCUT2D eigenvalue weighted by atomic mass is 9.67. The fraction of sp³-hybridized carbons (Fsp3) is 0.700. The molecule has 0 aromatic heterocycles. The molecule has 21 heavy (non-hydrogen) atoms. The van der Waals surface area contributed by atoms with Crippen LogP contribution in [0.5, 0.6) is 5.75 Å². The fourth-order valence-corrected chi connectivity index (χ4v) is 5.94. The molecule has 0 radical (unpaired) electrons. The summed E-state index contributed by atoms with van der Waals surface area (Å²) in [7, 11) is 0. The van der Waals surface area contributed by atoms with Gasteiger partial charge in [-0.2, -0.15) is 0 Å². The van der Waals surface area contributed by atoms with E-state index >= 15 is 0 Å². The highest BCUT2D eigenvalue weighted by molar-refractivity contribution is 5.38. The van der Waals surface area contributed by atoms with Crippen LogP contribution in [0.25, 0.3) is 0 Å². The van der Waals surface area contributed by atoms with Gasteiger partial charge in [-0.05, 0) is 97.3 Å². The zero-order valence-electron chi connectivity index (χ0n) is 13.4. The van der Waals surface area contributed by atoms with Gasteiger partial charge in [0.2, 0.25) is 0 Å². The lowest BCUT2D eigenvalue weighted by Gasteiger charge is -2.38. The summed E-state index contributed by atoms with van der Waals surface area (Å²) >= 11 is 0. The van der Waals surface area contributed by atoms with E-state index in [1.54, 1.807) is 5.56 Å². The molecule has 0 aliphatic heterocycles. The number of phenolic OH excluding ortho intramolecular Hbond substituents is 1. The second-order valence-corrected chi connectivity index (χ2v) is 8.24. The van der Waals surface area contributed by atoms with Crippen LogP contribution >= 0.6 is 0 Å². The van der Waals surface area contributed by atoms with Crippen LogP contribution < -0.4 is 0 Å². The first-order valence-corrected chi connectivity index (χ1v) is 8.89. The maximum absolute atomic E-state index is 9.80. The Labute approximate surface area is 128 Å². The predicted molar refractivity (Wildman–Crippen MR) is 86.5 cm³/mol. The summed E-state index contributed by atoms with van der Waals surface area (Å²) in [4.78, 5) is 0. The summed E-state index contributed by atoms with van der Waals surface area (Å²) in [5, 5.41) is 9.80. The summed E-state index contributed by atoms with van der Waals surface area (Å²) in [6, 6.07) is 6.14. The number of phenols is 1. The fourth-order valence-electron chi connectivity index (χ4n) is 5.94. The van der Waals surface area contributed by atoms with E-state index in [1.807, 2.05) is 12.1 Å². The van der Waals surface area contributed by atoms with Gasteiger partial charge in [-0.3, -0.25) is 0 Å². The molecule has 3 unspecified atom stereocenters. The Kier molecular flexibility index (Phi) is 3.10. The van der Waals surface area contributed by atoms with Gasteiger partial charge in [0, 0.05) is 0 Å². The third kappa shape index (κ3) is 2.04. The Hall–Kier alpha value is -0.980. The van der Waals surface area contributed by atoms with E-state index in [-0.39, 0.29) is 0 Å². The highest BCUT2D eigenvalue weighted by atomic mass is 16.3. The number of hydrogen-bond acceptors (Lipinski definition) is 1. The molecule has 114 valence electrons. The average Bonchev–Trinajstić information content (AvgIpc) is 2.63. The first kappa shape index (κ1) is 13.7. The van der Waals surface area contributed by atoms with Crippen molar-refractivity contribution in [3.05, 3.63) is 29.3 Å². The van der Waals surface area contributed by atoms with Gasteiger partial charge in [-0.25, -0.2) is 0 Å². The summed E-state index contributed by atoms with van der Waals surface area (Å²) in [6.45, 7) is 5.08. The van der Waals surface area contributed by atoms with Crippen LogP contribution in [0.1, 0.15) is 69.4 Å². The van der Waals surface area contributed by atoms with Gasteiger partial charge < -0.3 is 5.11 Å². The summed E-state index contributed by atoms with van der Waals surface area (Å²) in [5.41, 5.74) is 3.57. The Morgan fingerprint density at radius 1 is 1.14 bits per heavy atom. The van der Waals surface area contributed by atoms with Gasteiger partial charge in [0.1, 0.15) is 5.75 Å². The van der Waals surface area contributed by atoms with E-state index in [9.17, 15) is 5.11 Å². The molecule has 1 aromatic carbocycles. The molecule has 3 aliphatic carbocycles. The molecular weight excluding hydrogens is 256 g/mol. The molecule has 1 N–H and O–H groups in total. The lowest BCUT2D eigenvalue weighted by Crippen LogP contribution is -2.31. The van der Waals surface area contributed by atoms with Crippen LogP contribution in [0.2, 0.25) is 0 Å². The third-order valence-electron chi connectivity index (χ3n) is 7.42. The van der Waals surface area contributed by atoms with Crippen molar-refractivity contribution in [2.75, 3.05) is 0 Å². The minimum absolute atomic E-state index is 0.447. The van der Waals surface area contributed by atoms with E-state index < -0.39 is 0 Å². The summed E-state index contributed by atoms with van der Waals surface area (Å²) < 4.78 is 0. The van der Waals surface area contributed by atoms with Crippen LogP contribution in [-0.4, -0.2) is 5.11 Å². The smallest absolute Gasteiger partial charge is 0.115 e. The zero-order chi connectivity index (χ0) is 14.6. The highest BCUT2D eigenvalue weighted by Crippen LogP contribution is 2.59. The van der Waals surface area contributed by atoms with E-state index in [0.717, 1.165) is 23.7 Å². The van der Waals surface area contributed by atoms with Crippen LogP contribution in [0.15, 0.2) is 18.2 Å². The van der Waals surface area contributed by atoms with Gasteiger partial charge in [0.15, 0.2) is 0 Å². The summed E-state index contributed by atoms with van der Waals surface area (Å²) in [6.07, 6.45) is 9.55. The van der Waals surface area contributed by atoms with Crippen LogP contribution in [-0.2, 0) is 6.42 Å². The number of benzene rings is 1. The van der Waals surface area contributed by atoms with Crippen molar-refractivity contribution in [1.29, 1.82) is 0 Å². The van der Waals surface area contributed by atoms with Gasteiger partial charge in [0.25, 0.3) is 0 Å². The van der Waals surface area contributed by atoms with E-state index in [1.165, 1.54) is 50.5 Å². The maximum Gasteiger partial charge on any atom is 0.115 e. The number of aryl methyl sites for hydroxylation is 1. The van der Waals surface area contributed by atoms with E-state index in [0.29, 0.717) is 11.2 Å². The molecular formula is C20H28O. The first-order chi connectivity index (χ1) is 10.1. The predicted octanol–water partition coefficient (Wildman–Crippen LogP) is 5.27. The molecule has 3 aliphatic rings. The Bertz CT molecular complexity index is 549. The SMILES string of the molecule is C[C@H]1CCC2C3CCc4cc(O)ccc4C(CC[C@@]21C)C3. The minimum atomic E-state index is 0.447. The lowest BCUT2D eigenvalue weighted by molar-refractivity contribution is 0.113. The number of hydrogen-bond donors (Lipinski definition) is 1. The van der Waals surface area contributed by atoms with Gasteiger partial charge in [-0.1, -0.05) is 19.9 Å². The molecule has 2 bridgehead atoms. The van der Waals surface area contributed by atoms with Gasteiger partial charge >= 0.3 is 0 Å². The number of rotatable bonds is 0. The van der Waals surface area contributed by atoms with Crippen molar-refractivity contribution >= 4 is 0 Å². The van der Waals surface area contributed by atoms with E-state index in [2.05, 4.69) is 19.9 Å². The van der Waals surface area contributed by atoms with Crippen LogP contribution in [0, 0.1) is 23.2 Å². The molecule has 2 fully saturated rings. The van der Waals surface area contributed by atoms with Crippen molar-refractivity contribution < 1.29 is 5.11 Å². The Balaban J connectivity index is 1.72. The first-order valence-electron chi connectivity index (χ1n) is 8.89. The molecule has 5 atom stereocenters. The van der Waals surface area contributed by atoms with Gasteiger partial charge in [0.05, 0.1) is 0 Å². The zero-order valence-corrected chi connectivity index (χ0v) is 13.4. The molecule has 2 saturated carbocycles. The van der Waals surface area contributed by atoms with Gasteiger partial charge in [-0.15, -0.1) is 0 Å². The van der Waals surface area contributed by atoms with E-state index in [4.69, 9.17) is 0 Å². The van der Waals surface area contributed by atoms with Crippen molar-refractivity contribution in [2.24, 2.45) is 23.2 Å². The molecule has 0 saturated heterocycles. The minimum Gasteiger partial charge on any atom is -0.508 e.